The van der Waals surface area contributed by atoms with Crippen molar-refractivity contribution in [1.82, 2.24) is 10.1 Å². The van der Waals surface area contributed by atoms with Gasteiger partial charge < -0.3 is 9.84 Å². The van der Waals surface area contributed by atoms with E-state index in [4.69, 9.17) is 4.52 Å². The van der Waals surface area contributed by atoms with Crippen LogP contribution in [0, 0.1) is 0 Å². The highest BCUT2D eigenvalue weighted by Gasteiger charge is 2.18. The molecule has 1 amide bonds. The zero-order valence-electron chi connectivity index (χ0n) is 13.9. The fraction of sp³-hybridized carbons (Fsp3) is 0.211. The molecule has 1 saturated heterocycles. The van der Waals surface area contributed by atoms with Crippen molar-refractivity contribution >= 4 is 35.1 Å². The number of aromatic nitrogens is 2. The summed E-state index contributed by atoms with van der Waals surface area (Å²) in [6.07, 6.45) is 4.61. The van der Waals surface area contributed by atoms with Crippen molar-refractivity contribution in [3.63, 3.8) is 0 Å². The lowest BCUT2D eigenvalue weighted by molar-refractivity contribution is 0.101. The standard InChI is InChI=1S/C19H17N3O2S2/c23-18(16-11-17(24-22-16)14-5-2-7-20-12-14)21-15-6-1-4-13(10-15)19-25-8-3-9-26-19/h1-2,4-7,10-12,19H,3,8-9H2,(H,21,23). The summed E-state index contributed by atoms with van der Waals surface area (Å²) in [5.41, 5.74) is 3.03. The van der Waals surface area contributed by atoms with Crippen LogP contribution < -0.4 is 5.32 Å². The van der Waals surface area contributed by atoms with Gasteiger partial charge in [0.2, 0.25) is 0 Å². The number of hydrogen-bond donors (Lipinski definition) is 1. The van der Waals surface area contributed by atoms with Gasteiger partial charge in [-0.25, -0.2) is 0 Å². The largest absolute Gasteiger partial charge is 0.355 e. The van der Waals surface area contributed by atoms with Crippen LogP contribution >= 0.6 is 23.5 Å². The Balaban J connectivity index is 1.47. The number of pyridine rings is 1. The van der Waals surface area contributed by atoms with Crippen LogP contribution in [0.1, 0.15) is 27.1 Å². The van der Waals surface area contributed by atoms with E-state index < -0.39 is 0 Å². The summed E-state index contributed by atoms with van der Waals surface area (Å²) >= 11 is 3.92. The van der Waals surface area contributed by atoms with Gasteiger partial charge in [0.15, 0.2) is 11.5 Å². The number of anilines is 1. The molecule has 0 radical (unpaired) electrons. The number of benzene rings is 1. The third-order valence-electron chi connectivity index (χ3n) is 3.93. The topological polar surface area (TPSA) is 68.0 Å². The number of nitrogens with zero attached hydrogens (tertiary/aromatic N) is 2. The molecule has 1 N–H and O–H groups in total. The van der Waals surface area contributed by atoms with E-state index in [1.165, 1.54) is 23.5 Å². The van der Waals surface area contributed by atoms with Crippen molar-refractivity contribution in [3.05, 3.63) is 66.1 Å². The molecule has 26 heavy (non-hydrogen) atoms. The molecule has 1 aliphatic heterocycles. The Labute approximate surface area is 160 Å². The Morgan fingerprint density at radius 2 is 2.04 bits per heavy atom. The highest BCUT2D eigenvalue weighted by Crippen LogP contribution is 2.44. The van der Waals surface area contributed by atoms with Crippen LogP contribution in [0.15, 0.2) is 59.4 Å². The fourth-order valence-corrected chi connectivity index (χ4v) is 5.54. The third-order valence-corrected chi connectivity index (χ3v) is 6.95. The van der Waals surface area contributed by atoms with Gasteiger partial charge in [0, 0.05) is 29.7 Å². The predicted octanol–water partition coefficient (Wildman–Crippen LogP) is 4.86. The Bertz CT molecular complexity index is 893. The summed E-state index contributed by atoms with van der Waals surface area (Å²) in [5.74, 6) is 2.60. The molecule has 3 heterocycles. The summed E-state index contributed by atoms with van der Waals surface area (Å²) in [5, 5.41) is 6.78. The molecule has 0 aliphatic carbocycles. The smallest absolute Gasteiger partial charge is 0.277 e. The Hall–Kier alpha value is -2.25. The van der Waals surface area contributed by atoms with Crippen LogP contribution in [0.4, 0.5) is 5.69 Å². The highest BCUT2D eigenvalue weighted by molar-refractivity contribution is 8.16. The van der Waals surface area contributed by atoms with Gasteiger partial charge in [-0.05, 0) is 47.8 Å². The first-order valence-electron chi connectivity index (χ1n) is 8.31. The molecule has 0 atom stereocenters. The average molecular weight is 383 g/mol. The molecule has 1 fully saturated rings. The van der Waals surface area contributed by atoms with Crippen LogP contribution in [-0.2, 0) is 0 Å². The van der Waals surface area contributed by atoms with Gasteiger partial charge in [0.1, 0.15) is 0 Å². The van der Waals surface area contributed by atoms with Crippen LogP contribution in [0.25, 0.3) is 11.3 Å². The maximum absolute atomic E-state index is 12.5. The minimum Gasteiger partial charge on any atom is -0.355 e. The molecule has 1 aromatic carbocycles. The second-order valence-electron chi connectivity index (χ2n) is 5.82. The maximum atomic E-state index is 12.5. The first-order valence-corrected chi connectivity index (χ1v) is 10.4. The van der Waals surface area contributed by atoms with Crippen LogP contribution in [0.2, 0.25) is 0 Å². The van der Waals surface area contributed by atoms with Gasteiger partial charge in [-0.3, -0.25) is 9.78 Å². The average Bonchev–Trinajstić information content (AvgIpc) is 3.20. The lowest BCUT2D eigenvalue weighted by atomic mass is 10.2. The number of amides is 1. The second kappa shape index (κ2) is 7.97. The van der Waals surface area contributed by atoms with E-state index in [1.54, 1.807) is 18.5 Å². The molecule has 132 valence electrons. The normalized spacial score (nSPS) is 14.9. The maximum Gasteiger partial charge on any atom is 0.277 e. The van der Waals surface area contributed by atoms with Crippen molar-refractivity contribution in [2.45, 2.75) is 11.0 Å². The van der Waals surface area contributed by atoms with E-state index in [0.29, 0.717) is 10.3 Å². The van der Waals surface area contributed by atoms with Crippen molar-refractivity contribution < 1.29 is 9.32 Å². The number of thioether (sulfide) groups is 2. The molecular weight excluding hydrogens is 366 g/mol. The van der Waals surface area contributed by atoms with Gasteiger partial charge in [0.05, 0.1) is 4.58 Å². The van der Waals surface area contributed by atoms with E-state index >= 15 is 0 Å². The zero-order valence-corrected chi connectivity index (χ0v) is 15.6. The summed E-state index contributed by atoms with van der Waals surface area (Å²) < 4.78 is 5.71. The summed E-state index contributed by atoms with van der Waals surface area (Å²) in [6, 6.07) is 13.3. The molecule has 1 aliphatic rings. The van der Waals surface area contributed by atoms with Crippen LogP contribution in [0.3, 0.4) is 0 Å². The van der Waals surface area contributed by atoms with Crippen LogP contribution in [0.5, 0.6) is 0 Å². The van der Waals surface area contributed by atoms with Crippen molar-refractivity contribution in [2.24, 2.45) is 0 Å². The molecule has 0 unspecified atom stereocenters. The first-order chi connectivity index (χ1) is 12.8. The number of hydrogen-bond acceptors (Lipinski definition) is 6. The number of carbonyl (C=O) groups excluding carboxylic acids is 1. The van der Waals surface area contributed by atoms with Gasteiger partial charge in [0.25, 0.3) is 5.91 Å². The van der Waals surface area contributed by atoms with Gasteiger partial charge >= 0.3 is 0 Å². The van der Waals surface area contributed by atoms with E-state index in [-0.39, 0.29) is 11.6 Å². The van der Waals surface area contributed by atoms with Gasteiger partial charge in [-0.2, -0.15) is 0 Å². The zero-order chi connectivity index (χ0) is 17.8. The van der Waals surface area contributed by atoms with Crippen LogP contribution in [-0.4, -0.2) is 27.6 Å². The monoisotopic (exact) mass is 383 g/mol. The van der Waals surface area contributed by atoms with Crippen molar-refractivity contribution in [1.29, 1.82) is 0 Å². The SMILES string of the molecule is O=C(Nc1cccc(C2SCCCS2)c1)c1cc(-c2cccnc2)on1. The highest BCUT2D eigenvalue weighted by atomic mass is 32.2. The lowest BCUT2D eigenvalue weighted by Crippen LogP contribution is -2.12. The molecule has 3 aromatic rings. The lowest BCUT2D eigenvalue weighted by Gasteiger charge is -2.21. The Morgan fingerprint density at radius 3 is 2.85 bits per heavy atom. The third kappa shape index (κ3) is 3.94. The predicted molar refractivity (Wildman–Crippen MR) is 106 cm³/mol. The van der Waals surface area contributed by atoms with E-state index in [1.807, 2.05) is 53.9 Å². The second-order valence-corrected chi connectivity index (χ2v) is 8.55. The summed E-state index contributed by atoms with van der Waals surface area (Å²) in [7, 11) is 0. The minimum absolute atomic E-state index is 0.246. The number of rotatable bonds is 4. The molecule has 2 aromatic heterocycles. The quantitative estimate of drug-likeness (QED) is 0.694. The molecule has 0 bridgehead atoms. The van der Waals surface area contributed by atoms with E-state index in [2.05, 4.69) is 21.5 Å². The Kier molecular flexibility index (Phi) is 5.26. The molecule has 0 spiro atoms. The molecular formula is C19H17N3O2S2. The Morgan fingerprint density at radius 1 is 1.15 bits per heavy atom. The van der Waals surface area contributed by atoms with Gasteiger partial charge in [-0.1, -0.05) is 17.3 Å². The molecule has 5 nitrogen and oxygen atoms in total. The fourth-order valence-electron chi connectivity index (χ4n) is 2.67. The van der Waals surface area contributed by atoms with Crippen molar-refractivity contribution in [3.8, 4) is 11.3 Å². The summed E-state index contributed by atoms with van der Waals surface area (Å²) in [4.78, 5) is 16.5. The number of carbonyl (C=O) groups is 1. The summed E-state index contributed by atoms with van der Waals surface area (Å²) in [6.45, 7) is 0. The minimum atomic E-state index is -0.287. The van der Waals surface area contributed by atoms with Crippen molar-refractivity contribution in [2.75, 3.05) is 16.8 Å². The molecule has 0 saturated carbocycles. The molecule has 4 rings (SSSR count). The van der Waals surface area contributed by atoms with E-state index in [0.717, 1.165) is 11.3 Å². The number of nitrogens with one attached hydrogen (secondary N) is 1. The first kappa shape index (κ1) is 17.2. The molecule has 7 heteroatoms. The van der Waals surface area contributed by atoms with Gasteiger partial charge in [-0.15, -0.1) is 23.5 Å². The van der Waals surface area contributed by atoms with E-state index in [9.17, 15) is 4.79 Å².